The molecule has 35 heavy (non-hydrogen) atoms. The fourth-order valence-electron chi connectivity index (χ4n) is 4.54. The second kappa shape index (κ2) is 11.4. The average molecular weight is 494 g/mol. The minimum atomic E-state index is -0.527. The molecule has 1 fully saturated rings. The standard InChI is InChI=1S/C27H31N3O4S/c1-3-20-9-4-5-12-30(20)27(33)24-18-29(16-19-8-6-10-21(14-19)34-2)17-23(25(24)31)26(32)28-15-22-11-7-13-35-22/h6-8,10-11,13-14,17-18,20H,3-5,9,12,15-16H2,1-2H3,(H,28,32)/t20-/m1/s1. The van der Waals surface area contributed by atoms with Gasteiger partial charge in [0.2, 0.25) is 5.43 Å². The summed E-state index contributed by atoms with van der Waals surface area (Å²) in [6.45, 7) is 3.40. The quantitative estimate of drug-likeness (QED) is 0.507. The Bertz CT molecular complexity index is 1240. The molecule has 1 atom stereocenters. The van der Waals surface area contributed by atoms with Crippen molar-refractivity contribution in [2.45, 2.75) is 51.7 Å². The van der Waals surface area contributed by atoms with Crippen molar-refractivity contribution in [3.8, 4) is 5.75 Å². The van der Waals surface area contributed by atoms with Gasteiger partial charge in [0.05, 0.1) is 13.7 Å². The Hall–Kier alpha value is -3.39. The maximum atomic E-state index is 13.6. The Morgan fingerprint density at radius 1 is 1.14 bits per heavy atom. The van der Waals surface area contributed by atoms with Gasteiger partial charge in [0, 0.05) is 36.4 Å². The monoisotopic (exact) mass is 493 g/mol. The number of ether oxygens (including phenoxy) is 1. The van der Waals surface area contributed by atoms with E-state index in [2.05, 4.69) is 12.2 Å². The summed E-state index contributed by atoms with van der Waals surface area (Å²) < 4.78 is 7.07. The first kappa shape index (κ1) is 24.7. The van der Waals surface area contributed by atoms with Crippen LogP contribution in [-0.4, -0.2) is 41.0 Å². The number of pyridine rings is 1. The lowest BCUT2D eigenvalue weighted by atomic mass is 9.98. The molecule has 3 aromatic rings. The van der Waals surface area contributed by atoms with Gasteiger partial charge < -0.3 is 19.5 Å². The number of amides is 2. The fraction of sp³-hybridized carbons (Fsp3) is 0.370. The van der Waals surface area contributed by atoms with Crippen LogP contribution in [0, 0.1) is 0 Å². The van der Waals surface area contributed by atoms with Crippen molar-refractivity contribution in [1.29, 1.82) is 0 Å². The van der Waals surface area contributed by atoms with Gasteiger partial charge in [0.1, 0.15) is 16.9 Å². The van der Waals surface area contributed by atoms with Crippen LogP contribution in [0.3, 0.4) is 0 Å². The molecule has 1 saturated heterocycles. The van der Waals surface area contributed by atoms with Crippen molar-refractivity contribution >= 4 is 23.2 Å². The molecule has 1 aliphatic heterocycles. The van der Waals surface area contributed by atoms with Gasteiger partial charge in [-0.1, -0.05) is 25.1 Å². The van der Waals surface area contributed by atoms with E-state index in [4.69, 9.17) is 4.74 Å². The maximum Gasteiger partial charge on any atom is 0.259 e. The first-order valence-electron chi connectivity index (χ1n) is 12.0. The van der Waals surface area contributed by atoms with Gasteiger partial charge in [0.25, 0.3) is 11.8 Å². The zero-order valence-electron chi connectivity index (χ0n) is 20.2. The van der Waals surface area contributed by atoms with Crippen molar-refractivity contribution < 1.29 is 14.3 Å². The summed E-state index contributed by atoms with van der Waals surface area (Å²) in [7, 11) is 1.61. The van der Waals surface area contributed by atoms with Crippen LogP contribution in [-0.2, 0) is 13.1 Å². The number of nitrogens with one attached hydrogen (secondary N) is 1. The third-order valence-corrected chi connectivity index (χ3v) is 7.29. The van der Waals surface area contributed by atoms with Crippen LogP contribution in [0.25, 0.3) is 0 Å². The fourth-order valence-corrected chi connectivity index (χ4v) is 5.19. The summed E-state index contributed by atoms with van der Waals surface area (Å²) >= 11 is 1.53. The average Bonchev–Trinajstić information content (AvgIpc) is 3.41. The Morgan fingerprint density at radius 3 is 2.71 bits per heavy atom. The number of carbonyl (C=O) groups is 2. The molecule has 2 amide bonds. The largest absolute Gasteiger partial charge is 0.497 e. The second-order valence-electron chi connectivity index (χ2n) is 8.76. The first-order chi connectivity index (χ1) is 17.0. The van der Waals surface area contributed by atoms with Gasteiger partial charge in [-0.25, -0.2) is 0 Å². The number of carbonyl (C=O) groups excluding carboxylic acids is 2. The predicted molar refractivity (Wildman–Crippen MR) is 137 cm³/mol. The molecule has 1 aliphatic rings. The lowest BCUT2D eigenvalue weighted by molar-refractivity contribution is 0.0605. The second-order valence-corrected chi connectivity index (χ2v) is 9.79. The highest BCUT2D eigenvalue weighted by Crippen LogP contribution is 2.22. The molecule has 0 spiro atoms. The molecular weight excluding hydrogens is 462 g/mol. The van der Waals surface area contributed by atoms with Gasteiger partial charge in [-0.3, -0.25) is 14.4 Å². The van der Waals surface area contributed by atoms with E-state index in [0.29, 0.717) is 25.4 Å². The molecule has 0 radical (unpaired) electrons. The third-order valence-electron chi connectivity index (χ3n) is 6.42. The number of benzene rings is 1. The zero-order valence-corrected chi connectivity index (χ0v) is 21.0. The summed E-state index contributed by atoms with van der Waals surface area (Å²) in [6.07, 6.45) is 6.89. The topological polar surface area (TPSA) is 80.6 Å². The van der Waals surface area contributed by atoms with E-state index in [1.165, 1.54) is 17.5 Å². The molecular formula is C27H31N3O4S. The van der Waals surface area contributed by atoms with Crippen LogP contribution in [0.5, 0.6) is 5.75 Å². The van der Waals surface area contributed by atoms with Crippen molar-refractivity contribution in [2.24, 2.45) is 0 Å². The van der Waals surface area contributed by atoms with Crippen LogP contribution in [0.1, 0.15) is 63.8 Å². The van der Waals surface area contributed by atoms with Crippen molar-refractivity contribution in [2.75, 3.05) is 13.7 Å². The predicted octanol–water partition coefficient (Wildman–Crippen LogP) is 4.30. The van der Waals surface area contributed by atoms with E-state index in [1.54, 1.807) is 17.9 Å². The van der Waals surface area contributed by atoms with E-state index in [1.807, 2.05) is 46.7 Å². The van der Waals surface area contributed by atoms with Gasteiger partial charge in [-0.05, 0) is 54.8 Å². The number of hydrogen-bond donors (Lipinski definition) is 1. The molecule has 1 N–H and O–H groups in total. The maximum absolute atomic E-state index is 13.6. The van der Waals surface area contributed by atoms with E-state index >= 15 is 0 Å². The molecule has 7 nitrogen and oxygen atoms in total. The summed E-state index contributed by atoms with van der Waals surface area (Å²) in [4.78, 5) is 42.9. The van der Waals surface area contributed by atoms with Crippen LogP contribution in [0.4, 0.5) is 0 Å². The van der Waals surface area contributed by atoms with Gasteiger partial charge >= 0.3 is 0 Å². The van der Waals surface area contributed by atoms with E-state index in [0.717, 1.165) is 36.1 Å². The van der Waals surface area contributed by atoms with Gasteiger partial charge in [0.15, 0.2) is 0 Å². The number of likely N-dealkylation sites (tertiary alicyclic amines) is 1. The highest BCUT2D eigenvalue weighted by molar-refractivity contribution is 7.09. The van der Waals surface area contributed by atoms with Crippen molar-refractivity contribution in [1.82, 2.24) is 14.8 Å². The summed E-state index contributed by atoms with van der Waals surface area (Å²) in [5, 5.41) is 4.77. The molecule has 0 unspecified atom stereocenters. The van der Waals surface area contributed by atoms with Gasteiger partial charge in [-0.15, -0.1) is 11.3 Å². The minimum absolute atomic E-state index is 0.0274. The van der Waals surface area contributed by atoms with Crippen molar-refractivity contribution in [3.05, 3.63) is 86.0 Å². The molecule has 0 aliphatic carbocycles. The minimum Gasteiger partial charge on any atom is -0.497 e. The van der Waals surface area contributed by atoms with Crippen LogP contribution in [0.2, 0.25) is 0 Å². The van der Waals surface area contributed by atoms with Crippen LogP contribution < -0.4 is 15.5 Å². The Labute approximate surface area is 209 Å². The Morgan fingerprint density at radius 2 is 1.97 bits per heavy atom. The summed E-state index contributed by atoms with van der Waals surface area (Å²) in [5.41, 5.74) is 0.416. The third kappa shape index (κ3) is 5.82. The molecule has 2 aromatic heterocycles. The number of nitrogens with zero attached hydrogens (tertiary/aromatic N) is 2. The van der Waals surface area contributed by atoms with Crippen LogP contribution >= 0.6 is 11.3 Å². The van der Waals surface area contributed by atoms with Gasteiger partial charge in [-0.2, -0.15) is 0 Å². The lowest BCUT2D eigenvalue weighted by Crippen LogP contribution is -2.45. The smallest absolute Gasteiger partial charge is 0.259 e. The highest BCUT2D eigenvalue weighted by Gasteiger charge is 2.29. The molecule has 3 heterocycles. The number of methoxy groups -OCH3 is 1. The molecule has 0 bridgehead atoms. The zero-order chi connectivity index (χ0) is 24.8. The Balaban J connectivity index is 1.69. The Kier molecular flexibility index (Phi) is 8.02. The number of hydrogen-bond acceptors (Lipinski definition) is 5. The molecule has 4 rings (SSSR count). The van der Waals surface area contributed by atoms with E-state index in [9.17, 15) is 14.4 Å². The number of piperidine rings is 1. The lowest BCUT2D eigenvalue weighted by Gasteiger charge is -2.35. The molecule has 0 saturated carbocycles. The summed E-state index contributed by atoms with van der Waals surface area (Å²) in [6, 6.07) is 11.5. The number of thiophene rings is 1. The summed E-state index contributed by atoms with van der Waals surface area (Å²) in [5.74, 6) is -0.0650. The molecule has 1 aromatic carbocycles. The highest BCUT2D eigenvalue weighted by atomic mass is 32.1. The number of rotatable bonds is 8. The van der Waals surface area contributed by atoms with E-state index in [-0.39, 0.29) is 23.1 Å². The SMILES string of the molecule is CC[C@@H]1CCCCN1C(=O)c1cn(Cc2cccc(OC)c2)cc(C(=O)NCc2cccs2)c1=O. The first-order valence-corrected chi connectivity index (χ1v) is 12.9. The van der Waals surface area contributed by atoms with Crippen molar-refractivity contribution in [3.63, 3.8) is 0 Å². The van der Waals surface area contributed by atoms with Crippen LogP contribution in [0.15, 0.2) is 59.0 Å². The molecule has 8 heteroatoms. The molecule has 184 valence electrons. The normalized spacial score (nSPS) is 15.6. The number of aromatic nitrogens is 1. The van der Waals surface area contributed by atoms with E-state index < -0.39 is 11.3 Å².